The molecule has 0 radical (unpaired) electrons. The first-order valence-corrected chi connectivity index (χ1v) is 5.29. The number of hydrogen-bond donors (Lipinski definition) is 0. The molecule has 15 heavy (non-hydrogen) atoms. The quantitative estimate of drug-likeness (QED) is 0.769. The smallest absolute Gasteiger partial charge is 0.131 e. The molecule has 5 heteroatoms. The first-order valence-electron chi connectivity index (χ1n) is 4.91. The molecule has 0 spiro atoms. The van der Waals surface area contributed by atoms with Crippen LogP contribution < -0.4 is 0 Å². The molecule has 0 aromatic carbocycles. The van der Waals surface area contributed by atoms with E-state index < -0.39 is 0 Å². The lowest BCUT2D eigenvalue weighted by Gasteiger charge is -2.15. The normalized spacial score (nSPS) is 11.3. The second-order valence-corrected chi connectivity index (χ2v) is 4.07. The third kappa shape index (κ3) is 3.19. The van der Waals surface area contributed by atoms with E-state index in [4.69, 9.17) is 16.3 Å². The fraction of sp³-hybridized carbons (Fsp3) is 0.700. The lowest BCUT2D eigenvalue weighted by molar-refractivity contribution is 0.158. The van der Waals surface area contributed by atoms with Crippen molar-refractivity contribution < 1.29 is 4.74 Å². The van der Waals surface area contributed by atoms with Crippen LogP contribution >= 0.6 is 11.6 Å². The Hall–Kier alpha value is -0.580. The van der Waals surface area contributed by atoms with Crippen LogP contribution in [0.25, 0.3) is 0 Å². The fourth-order valence-electron chi connectivity index (χ4n) is 1.45. The highest BCUT2D eigenvalue weighted by Crippen LogP contribution is 2.19. The maximum absolute atomic E-state index is 6.13. The molecule has 0 aliphatic heterocycles. The van der Waals surface area contributed by atoms with Crippen molar-refractivity contribution in [3.63, 3.8) is 0 Å². The Bertz CT molecular complexity index is 325. The van der Waals surface area contributed by atoms with Crippen molar-refractivity contribution in [3.8, 4) is 0 Å². The Morgan fingerprint density at radius 1 is 1.53 bits per heavy atom. The van der Waals surface area contributed by atoms with E-state index in [-0.39, 0.29) is 0 Å². The van der Waals surface area contributed by atoms with E-state index in [1.807, 2.05) is 21.0 Å². The van der Waals surface area contributed by atoms with Gasteiger partial charge in [0.05, 0.1) is 12.3 Å². The van der Waals surface area contributed by atoms with E-state index in [1.54, 1.807) is 11.8 Å². The topological polar surface area (TPSA) is 30.3 Å². The fourth-order valence-corrected chi connectivity index (χ4v) is 1.68. The predicted molar refractivity (Wildman–Crippen MR) is 61.2 cm³/mol. The summed E-state index contributed by atoms with van der Waals surface area (Å²) in [5.74, 6) is 0. The number of ether oxygens (including phenoxy) is 1. The van der Waals surface area contributed by atoms with Gasteiger partial charge in [-0.2, -0.15) is 5.10 Å². The molecule has 4 nitrogen and oxygen atoms in total. The van der Waals surface area contributed by atoms with Gasteiger partial charge < -0.3 is 4.74 Å². The minimum atomic E-state index is 0.719. The second-order valence-electron chi connectivity index (χ2n) is 3.71. The van der Waals surface area contributed by atoms with Gasteiger partial charge in [-0.1, -0.05) is 11.6 Å². The Kier molecular flexibility index (Phi) is 4.57. The van der Waals surface area contributed by atoms with E-state index in [1.165, 1.54) is 0 Å². The number of likely N-dealkylation sites (N-methyl/N-ethyl adjacent to an activating group) is 1. The molecule has 0 atom stereocenters. The molecule has 1 aromatic rings. The summed E-state index contributed by atoms with van der Waals surface area (Å²) in [4.78, 5) is 2.17. The van der Waals surface area contributed by atoms with E-state index in [2.05, 4.69) is 10.00 Å². The first-order chi connectivity index (χ1) is 7.06. The van der Waals surface area contributed by atoms with Crippen molar-refractivity contribution in [2.24, 2.45) is 7.05 Å². The Labute approximate surface area is 95.8 Å². The van der Waals surface area contributed by atoms with Gasteiger partial charge in [-0.05, 0) is 14.0 Å². The van der Waals surface area contributed by atoms with Gasteiger partial charge in [0.25, 0.3) is 0 Å². The van der Waals surface area contributed by atoms with Gasteiger partial charge >= 0.3 is 0 Å². The first kappa shape index (κ1) is 12.5. The summed E-state index contributed by atoms with van der Waals surface area (Å²) in [7, 11) is 5.60. The van der Waals surface area contributed by atoms with Gasteiger partial charge in [0.15, 0.2) is 0 Å². The Morgan fingerprint density at radius 3 is 2.67 bits per heavy atom. The molecule has 1 aromatic heterocycles. The zero-order valence-electron chi connectivity index (χ0n) is 9.75. The van der Waals surface area contributed by atoms with Crippen LogP contribution in [-0.2, 0) is 18.3 Å². The summed E-state index contributed by atoms with van der Waals surface area (Å²) in [6.07, 6.45) is 0. The van der Waals surface area contributed by atoms with Crippen LogP contribution in [0.4, 0.5) is 0 Å². The number of hydrogen-bond acceptors (Lipinski definition) is 3. The minimum Gasteiger partial charge on any atom is -0.383 e. The van der Waals surface area contributed by atoms with Crippen LogP contribution in [-0.4, -0.2) is 42.0 Å². The maximum atomic E-state index is 6.13. The van der Waals surface area contributed by atoms with Gasteiger partial charge in [-0.25, -0.2) is 0 Å². The third-order valence-electron chi connectivity index (χ3n) is 2.38. The van der Waals surface area contributed by atoms with Crippen LogP contribution in [0, 0.1) is 6.92 Å². The molecule has 1 rings (SSSR count). The highest BCUT2D eigenvalue weighted by atomic mass is 35.5. The zero-order valence-corrected chi connectivity index (χ0v) is 10.5. The standard InChI is InChI=1S/C10H18ClN3O/c1-8-9(10(11)14(3)12-8)7-13(2)5-6-15-4/h5-7H2,1-4H3. The zero-order chi connectivity index (χ0) is 11.4. The van der Waals surface area contributed by atoms with Crippen molar-refractivity contribution >= 4 is 11.6 Å². The summed E-state index contributed by atoms with van der Waals surface area (Å²) in [5, 5.41) is 4.99. The lowest BCUT2D eigenvalue weighted by Crippen LogP contribution is -2.22. The SMILES string of the molecule is COCCN(C)Cc1c(C)nn(C)c1Cl. The average Bonchev–Trinajstić information content (AvgIpc) is 2.42. The molecule has 0 saturated carbocycles. The molecule has 0 bridgehead atoms. The molecule has 0 unspecified atom stereocenters. The van der Waals surface area contributed by atoms with E-state index in [0.717, 1.165) is 36.1 Å². The molecule has 0 fully saturated rings. The number of methoxy groups -OCH3 is 1. The van der Waals surface area contributed by atoms with Gasteiger partial charge in [0.2, 0.25) is 0 Å². The van der Waals surface area contributed by atoms with Crippen molar-refractivity contribution in [2.45, 2.75) is 13.5 Å². The number of rotatable bonds is 5. The summed E-state index contributed by atoms with van der Waals surface area (Å²) in [6, 6.07) is 0. The number of aryl methyl sites for hydroxylation is 2. The van der Waals surface area contributed by atoms with Crippen molar-refractivity contribution in [1.29, 1.82) is 0 Å². The number of nitrogens with zero attached hydrogens (tertiary/aromatic N) is 3. The number of aromatic nitrogens is 2. The monoisotopic (exact) mass is 231 g/mol. The summed E-state index contributed by atoms with van der Waals surface area (Å²) >= 11 is 6.13. The molecule has 86 valence electrons. The average molecular weight is 232 g/mol. The molecule has 0 saturated heterocycles. The van der Waals surface area contributed by atoms with Gasteiger partial charge in [-0.15, -0.1) is 0 Å². The van der Waals surface area contributed by atoms with E-state index >= 15 is 0 Å². The van der Waals surface area contributed by atoms with Gasteiger partial charge in [0, 0.05) is 32.8 Å². The molecule has 0 aliphatic carbocycles. The molecule has 0 aliphatic rings. The van der Waals surface area contributed by atoms with E-state index in [0.29, 0.717) is 0 Å². The Balaban J connectivity index is 2.63. The van der Waals surface area contributed by atoms with Crippen LogP contribution in [0.3, 0.4) is 0 Å². The highest BCUT2D eigenvalue weighted by Gasteiger charge is 2.12. The van der Waals surface area contributed by atoms with E-state index in [9.17, 15) is 0 Å². The largest absolute Gasteiger partial charge is 0.383 e. The van der Waals surface area contributed by atoms with Crippen molar-refractivity contribution in [3.05, 3.63) is 16.4 Å². The van der Waals surface area contributed by atoms with Crippen molar-refractivity contribution in [1.82, 2.24) is 14.7 Å². The maximum Gasteiger partial charge on any atom is 0.131 e. The van der Waals surface area contributed by atoms with Crippen LogP contribution in [0.15, 0.2) is 0 Å². The van der Waals surface area contributed by atoms with Crippen LogP contribution in [0.5, 0.6) is 0 Å². The van der Waals surface area contributed by atoms with Crippen molar-refractivity contribution in [2.75, 3.05) is 27.3 Å². The molecular weight excluding hydrogens is 214 g/mol. The predicted octanol–water partition coefficient (Wildman–Crippen LogP) is 1.46. The summed E-state index contributed by atoms with van der Waals surface area (Å²) in [6.45, 7) is 4.40. The number of halogens is 1. The molecule has 0 amide bonds. The Morgan fingerprint density at radius 2 is 2.20 bits per heavy atom. The lowest BCUT2D eigenvalue weighted by atomic mass is 10.2. The molecule has 0 N–H and O–H groups in total. The van der Waals surface area contributed by atoms with Crippen LogP contribution in [0.1, 0.15) is 11.3 Å². The second kappa shape index (κ2) is 5.49. The van der Waals surface area contributed by atoms with Gasteiger partial charge in [0.1, 0.15) is 5.15 Å². The molecule has 1 heterocycles. The van der Waals surface area contributed by atoms with Gasteiger partial charge in [-0.3, -0.25) is 9.58 Å². The minimum absolute atomic E-state index is 0.719. The van der Waals surface area contributed by atoms with Crippen LogP contribution in [0.2, 0.25) is 5.15 Å². The highest BCUT2D eigenvalue weighted by molar-refractivity contribution is 6.30. The summed E-state index contributed by atoms with van der Waals surface area (Å²) < 4.78 is 6.73. The molecular formula is C10H18ClN3O. The third-order valence-corrected chi connectivity index (χ3v) is 2.85. The summed E-state index contributed by atoms with van der Waals surface area (Å²) in [5.41, 5.74) is 2.09.